The first-order chi connectivity index (χ1) is 19.6. The van der Waals surface area contributed by atoms with E-state index in [4.69, 9.17) is 11.5 Å². The summed E-state index contributed by atoms with van der Waals surface area (Å²) in [6.07, 6.45) is 2.37. The summed E-state index contributed by atoms with van der Waals surface area (Å²) < 4.78 is 0. The Balaban J connectivity index is 1.74. The van der Waals surface area contributed by atoms with Gasteiger partial charge in [0.1, 0.15) is 18.1 Å². The van der Waals surface area contributed by atoms with Gasteiger partial charge in [-0.3, -0.25) is 19.2 Å². The van der Waals surface area contributed by atoms with Gasteiger partial charge in [0.05, 0.1) is 18.8 Å². The number of aromatic amines is 1. The third kappa shape index (κ3) is 9.89. The molecular formula is C28H33N7O6. The van der Waals surface area contributed by atoms with Crippen LogP contribution in [0.1, 0.15) is 23.2 Å². The van der Waals surface area contributed by atoms with Crippen LogP contribution in [0.4, 0.5) is 0 Å². The molecule has 0 bridgehead atoms. The predicted octanol–water partition coefficient (Wildman–Crippen LogP) is -0.821. The van der Waals surface area contributed by atoms with E-state index in [1.807, 2.05) is 6.07 Å². The molecule has 3 aromatic rings. The maximum absolute atomic E-state index is 13.3. The molecular weight excluding hydrogens is 530 g/mol. The zero-order chi connectivity index (χ0) is 29.8. The molecule has 0 saturated carbocycles. The van der Waals surface area contributed by atoms with Gasteiger partial charge >= 0.3 is 5.97 Å². The maximum Gasteiger partial charge on any atom is 0.326 e. The van der Waals surface area contributed by atoms with E-state index in [0.29, 0.717) is 11.3 Å². The largest absolute Gasteiger partial charge is 0.480 e. The molecule has 0 spiro atoms. The number of hydrogen-bond donors (Lipinski definition) is 7. The lowest BCUT2D eigenvalue weighted by Crippen LogP contribution is -2.58. The second kappa shape index (κ2) is 14.9. The number of nitrogens with two attached hydrogens (primary N) is 2. The normalized spacial score (nSPS) is 13.7. The van der Waals surface area contributed by atoms with Gasteiger partial charge in [-0.25, -0.2) is 9.78 Å². The highest BCUT2D eigenvalue weighted by atomic mass is 16.4. The SMILES string of the molecule is NC(=O)CC(NC(=O)C(N)Cc1ccccc1)C(=O)NC(Cc1cnc[nH]1)C(=O)NC(Cc1ccccc1)C(=O)O. The molecule has 0 radical (unpaired) electrons. The highest BCUT2D eigenvalue weighted by Crippen LogP contribution is 2.07. The number of carbonyl (C=O) groups is 5. The van der Waals surface area contributed by atoms with Crippen molar-refractivity contribution in [1.29, 1.82) is 0 Å². The molecule has 13 nitrogen and oxygen atoms in total. The van der Waals surface area contributed by atoms with E-state index in [0.717, 1.165) is 5.56 Å². The van der Waals surface area contributed by atoms with Crippen LogP contribution in [0, 0.1) is 0 Å². The Morgan fingerprint density at radius 2 is 1.29 bits per heavy atom. The lowest BCUT2D eigenvalue weighted by molar-refractivity contribution is -0.142. The average molecular weight is 564 g/mol. The molecule has 4 unspecified atom stereocenters. The summed E-state index contributed by atoms with van der Waals surface area (Å²) in [5.41, 5.74) is 13.3. The smallest absolute Gasteiger partial charge is 0.326 e. The lowest BCUT2D eigenvalue weighted by atomic mass is 10.0. The first-order valence-corrected chi connectivity index (χ1v) is 12.8. The number of H-pyrrole nitrogens is 1. The van der Waals surface area contributed by atoms with Crippen molar-refractivity contribution < 1.29 is 29.1 Å². The Labute approximate surface area is 236 Å². The first kappa shape index (κ1) is 30.5. The molecule has 0 aliphatic carbocycles. The van der Waals surface area contributed by atoms with E-state index >= 15 is 0 Å². The number of rotatable bonds is 15. The Bertz CT molecular complexity index is 1320. The minimum atomic E-state index is -1.43. The molecule has 4 atom stereocenters. The maximum atomic E-state index is 13.3. The molecule has 13 heteroatoms. The summed E-state index contributed by atoms with van der Waals surface area (Å²) in [6.45, 7) is 0. The fourth-order valence-corrected chi connectivity index (χ4v) is 4.07. The minimum Gasteiger partial charge on any atom is -0.480 e. The molecule has 0 aliphatic heterocycles. The monoisotopic (exact) mass is 563 g/mol. The highest BCUT2D eigenvalue weighted by molar-refractivity contribution is 5.96. The molecule has 1 aromatic heterocycles. The fraction of sp³-hybridized carbons (Fsp3) is 0.286. The van der Waals surface area contributed by atoms with E-state index in [1.54, 1.807) is 54.6 Å². The molecule has 4 amide bonds. The van der Waals surface area contributed by atoms with Crippen molar-refractivity contribution in [3.05, 3.63) is 90.0 Å². The number of carboxylic acid groups (broad SMARTS) is 1. The number of nitrogens with zero attached hydrogens (tertiary/aromatic N) is 1. The molecule has 3 rings (SSSR count). The molecule has 2 aromatic carbocycles. The summed E-state index contributed by atoms with van der Waals surface area (Å²) in [5.74, 6) is -4.50. The van der Waals surface area contributed by atoms with Crippen LogP contribution in [0.2, 0.25) is 0 Å². The predicted molar refractivity (Wildman–Crippen MR) is 148 cm³/mol. The van der Waals surface area contributed by atoms with Crippen LogP contribution in [0.3, 0.4) is 0 Å². The van der Waals surface area contributed by atoms with Crippen molar-refractivity contribution in [1.82, 2.24) is 25.9 Å². The van der Waals surface area contributed by atoms with Crippen LogP contribution in [-0.4, -0.2) is 68.8 Å². The van der Waals surface area contributed by atoms with E-state index in [9.17, 15) is 29.1 Å². The van der Waals surface area contributed by atoms with Crippen LogP contribution < -0.4 is 27.4 Å². The topological polar surface area (TPSA) is 222 Å². The highest BCUT2D eigenvalue weighted by Gasteiger charge is 2.31. The van der Waals surface area contributed by atoms with Gasteiger partial charge in [0, 0.05) is 24.7 Å². The van der Waals surface area contributed by atoms with E-state index in [2.05, 4.69) is 25.9 Å². The zero-order valence-electron chi connectivity index (χ0n) is 22.2. The Kier molecular flexibility index (Phi) is 11.1. The fourth-order valence-electron chi connectivity index (χ4n) is 4.07. The van der Waals surface area contributed by atoms with E-state index in [1.165, 1.54) is 12.5 Å². The molecule has 9 N–H and O–H groups in total. The van der Waals surface area contributed by atoms with Gasteiger partial charge in [-0.05, 0) is 17.5 Å². The van der Waals surface area contributed by atoms with E-state index in [-0.39, 0.29) is 19.3 Å². The molecule has 0 aliphatic rings. The lowest BCUT2D eigenvalue weighted by Gasteiger charge is -2.24. The summed E-state index contributed by atoms with van der Waals surface area (Å²) in [4.78, 5) is 69.7. The quantitative estimate of drug-likeness (QED) is 0.123. The van der Waals surface area contributed by atoms with Crippen molar-refractivity contribution in [2.45, 2.75) is 49.9 Å². The van der Waals surface area contributed by atoms with Crippen LogP contribution in [0.15, 0.2) is 73.2 Å². The Morgan fingerprint density at radius 3 is 1.83 bits per heavy atom. The molecule has 41 heavy (non-hydrogen) atoms. The van der Waals surface area contributed by atoms with E-state index < -0.39 is 60.2 Å². The zero-order valence-corrected chi connectivity index (χ0v) is 22.2. The third-order valence-corrected chi connectivity index (χ3v) is 6.18. The van der Waals surface area contributed by atoms with Crippen LogP contribution >= 0.6 is 0 Å². The van der Waals surface area contributed by atoms with Crippen molar-refractivity contribution in [2.75, 3.05) is 0 Å². The molecule has 0 saturated heterocycles. The van der Waals surface area contributed by atoms with Crippen molar-refractivity contribution >= 4 is 29.6 Å². The van der Waals surface area contributed by atoms with Crippen molar-refractivity contribution in [3.8, 4) is 0 Å². The number of imidazole rings is 1. The third-order valence-electron chi connectivity index (χ3n) is 6.18. The minimum absolute atomic E-state index is 0.00625. The molecule has 1 heterocycles. The summed E-state index contributed by atoms with van der Waals surface area (Å²) in [5, 5.41) is 17.1. The number of nitrogens with one attached hydrogen (secondary N) is 4. The summed E-state index contributed by atoms with van der Waals surface area (Å²) in [6, 6.07) is 12.7. The number of hydrogen-bond acceptors (Lipinski definition) is 7. The van der Waals surface area contributed by atoms with Crippen LogP contribution in [0.25, 0.3) is 0 Å². The number of amides is 4. The standard InChI is InChI=1S/C28H33N7O6/c29-20(11-17-7-3-1-4-8-17)25(37)33-22(14-24(30)36)27(39)34-21(13-19-15-31-16-32-19)26(38)35-23(28(40)41)12-18-9-5-2-6-10-18/h1-10,15-16,20-23H,11-14,29H2,(H2,30,36)(H,31,32)(H,33,37)(H,34,39)(H,35,38)(H,40,41). The molecule has 216 valence electrons. The number of aromatic nitrogens is 2. The number of carboxylic acids is 1. The number of carbonyl (C=O) groups excluding carboxylic acids is 4. The average Bonchev–Trinajstić information content (AvgIpc) is 3.46. The summed E-state index contributed by atoms with van der Waals surface area (Å²) >= 11 is 0. The summed E-state index contributed by atoms with van der Waals surface area (Å²) in [7, 11) is 0. The van der Waals surface area contributed by atoms with Gasteiger partial charge in [-0.1, -0.05) is 60.7 Å². The second-order valence-corrected chi connectivity index (χ2v) is 9.46. The molecule has 0 fully saturated rings. The van der Waals surface area contributed by atoms with Gasteiger partial charge in [0.2, 0.25) is 23.6 Å². The van der Waals surface area contributed by atoms with Crippen LogP contribution in [-0.2, 0) is 43.2 Å². The van der Waals surface area contributed by atoms with Crippen molar-refractivity contribution in [3.63, 3.8) is 0 Å². The number of benzene rings is 2. The Morgan fingerprint density at radius 1 is 0.756 bits per heavy atom. The van der Waals surface area contributed by atoms with Gasteiger partial charge in [0.25, 0.3) is 0 Å². The van der Waals surface area contributed by atoms with Crippen LogP contribution in [0.5, 0.6) is 0 Å². The second-order valence-electron chi connectivity index (χ2n) is 9.46. The first-order valence-electron chi connectivity index (χ1n) is 12.8. The number of primary amides is 1. The number of aliphatic carboxylic acids is 1. The Hall–Kier alpha value is -5.04. The van der Waals surface area contributed by atoms with Gasteiger partial charge in [-0.2, -0.15) is 0 Å². The van der Waals surface area contributed by atoms with Gasteiger partial charge < -0.3 is 37.5 Å². The van der Waals surface area contributed by atoms with Gasteiger partial charge in [0.15, 0.2) is 0 Å². The van der Waals surface area contributed by atoms with Gasteiger partial charge in [-0.15, -0.1) is 0 Å². The van der Waals surface area contributed by atoms with Crippen molar-refractivity contribution in [2.24, 2.45) is 11.5 Å².